The van der Waals surface area contributed by atoms with Gasteiger partial charge in [0.05, 0.1) is 5.60 Å². The van der Waals surface area contributed by atoms with Crippen LogP contribution in [0.2, 0.25) is 5.02 Å². The summed E-state index contributed by atoms with van der Waals surface area (Å²) in [5.41, 5.74) is 1.14. The first-order valence-electron chi connectivity index (χ1n) is 3.90. The maximum Gasteiger partial charge on any atom is 0.0843 e. The van der Waals surface area contributed by atoms with Crippen molar-refractivity contribution in [2.24, 2.45) is 0 Å². The lowest BCUT2D eigenvalue weighted by atomic mass is 9.94. The van der Waals surface area contributed by atoms with Gasteiger partial charge in [0, 0.05) is 5.02 Å². The molecular formula is C10H13ClO. The fraction of sp³-hybridized carbons (Fsp3) is 0.400. The zero-order valence-electron chi connectivity index (χ0n) is 7.56. The van der Waals surface area contributed by atoms with E-state index in [4.69, 9.17) is 11.6 Å². The summed E-state index contributed by atoms with van der Waals surface area (Å²) in [4.78, 5) is 0. The van der Waals surface area contributed by atoms with Gasteiger partial charge in [-0.3, -0.25) is 0 Å². The molecule has 0 radical (unpaired) electrons. The van der Waals surface area contributed by atoms with Gasteiger partial charge in [-0.25, -0.2) is 0 Å². The molecule has 0 amide bonds. The van der Waals surface area contributed by atoms with Crippen LogP contribution >= 0.6 is 11.6 Å². The number of aryl methyl sites for hydroxylation is 1. The Kier molecular flexibility index (Phi) is 2.45. The van der Waals surface area contributed by atoms with Gasteiger partial charge < -0.3 is 5.11 Å². The molecule has 0 unspecified atom stereocenters. The normalized spacial score (nSPS) is 11.8. The molecule has 1 aromatic rings. The first-order valence-corrected chi connectivity index (χ1v) is 4.28. The fourth-order valence-corrected chi connectivity index (χ4v) is 1.43. The summed E-state index contributed by atoms with van der Waals surface area (Å²) in [6.45, 7) is 5.47. The summed E-state index contributed by atoms with van der Waals surface area (Å²) in [5.74, 6) is 0. The summed E-state index contributed by atoms with van der Waals surface area (Å²) < 4.78 is 0. The lowest BCUT2D eigenvalue weighted by Gasteiger charge is -2.20. The molecule has 0 heterocycles. The van der Waals surface area contributed by atoms with Crippen LogP contribution in [-0.2, 0) is 5.60 Å². The van der Waals surface area contributed by atoms with Crippen molar-refractivity contribution in [3.05, 3.63) is 34.3 Å². The van der Waals surface area contributed by atoms with E-state index in [1.807, 2.05) is 19.1 Å². The van der Waals surface area contributed by atoms with E-state index in [0.29, 0.717) is 5.02 Å². The number of rotatable bonds is 1. The van der Waals surface area contributed by atoms with Crippen molar-refractivity contribution in [3.63, 3.8) is 0 Å². The van der Waals surface area contributed by atoms with Crippen molar-refractivity contribution < 1.29 is 5.11 Å². The van der Waals surface area contributed by atoms with Gasteiger partial charge in [-0.05, 0) is 44.0 Å². The van der Waals surface area contributed by atoms with Crippen LogP contribution in [0, 0.1) is 6.92 Å². The Hall–Kier alpha value is -0.530. The lowest BCUT2D eigenvalue weighted by molar-refractivity contribution is 0.0779. The summed E-state index contributed by atoms with van der Waals surface area (Å²) in [7, 11) is 0. The lowest BCUT2D eigenvalue weighted by Crippen LogP contribution is -2.16. The van der Waals surface area contributed by atoms with Crippen LogP contribution in [0.15, 0.2) is 18.2 Å². The topological polar surface area (TPSA) is 20.2 Å². The van der Waals surface area contributed by atoms with E-state index in [1.54, 1.807) is 19.9 Å². The number of hydrogen-bond acceptors (Lipinski definition) is 1. The molecule has 0 saturated heterocycles. The Morgan fingerprint density at radius 2 is 1.92 bits per heavy atom. The first kappa shape index (κ1) is 9.56. The van der Waals surface area contributed by atoms with Gasteiger partial charge in [-0.1, -0.05) is 17.7 Å². The van der Waals surface area contributed by atoms with Crippen molar-refractivity contribution in [1.82, 2.24) is 0 Å². The number of hydrogen-bond donors (Lipinski definition) is 1. The Morgan fingerprint density at radius 1 is 1.33 bits per heavy atom. The Bertz CT molecular complexity index is 286. The minimum atomic E-state index is -0.811. The van der Waals surface area contributed by atoms with Crippen LogP contribution in [-0.4, -0.2) is 5.11 Å². The molecular weight excluding hydrogens is 172 g/mol. The molecule has 0 saturated carbocycles. The molecule has 1 aromatic carbocycles. The van der Waals surface area contributed by atoms with Crippen LogP contribution in [0.25, 0.3) is 0 Å². The predicted molar refractivity (Wildman–Crippen MR) is 51.4 cm³/mol. The molecule has 0 aliphatic carbocycles. The van der Waals surface area contributed by atoms with Crippen LogP contribution in [0.5, 0.6) is 0 Å². The second-order valence-corrected chi connectivity index (χ2v) is 3.95. The highest BCUT2D eigenvalue weighted by atomic mass is 35.5. The maximum atomic E-state index is 9.74. The van der Waals surface area contributed by atoms with Crippen LogP contribution < -0.4 is 0 Å². The van der Waals surface area contributed by atoms with E-state index in [-0.39, 0.29) is 0 Å². The van der Waals surface area contributed by atoms with Crippen LogP contribution in [0.3, 0.4) is 0 Å². The fourth-order valence-electron chi connectivity index (χ4n) is 1.25. The SMILES string of the molecule is Cc1ccc(Cl)cc1C(C)(C)O. The average molecular weight is 185 g/mol. The standard InChI is InChI=1S/C10H13ClO/c1-7-4-5-8(11)6-9(7)10(2,3)12/h4-6,12H,1-3H3. The molecule has 0 fully saturated rings. The van der Waals surface area contributed by atoms with E-state index in [2.05, 4.69) is 0 Å². The van der Waals surface area contributed by atoms with Gasteiger partial charge in [0.1, 0.15) is 0 Å². The Morgan fingerprint density at radius 3 is 2.33 bits per heavy atom. The second kappa shape index (κ2) is 3.08. The van der Waals surface area contributed by atoms with Crippen molar-refractivity contribution in [2.45, 2.75) is 26.4 Å². The Balaban J connectivity index is 3.23. The van der Waals surface area contributed by atoms with E-state index in [9.17, 15) is 5.11 Å². The zero-order chi connectivity index (χ0) is 9.35. The van der Waals surface area contributed by atoms with E-state index < -0.39 is 5.60 Å². The van der Waals surface area contributed by atoms with Crippen molar-refractivity contribution in [1.29, 1.82) is 0 Å². The number of aliphatic hydroxyl groups is 1. The molecule has 0 atom stereocenters. The first-order chi connectivity index (χ1) is 5.41. The molecule has 0 spiro atoms. The van der Waals surface area contributed by atoms with Gasteiger partial charge in [0.25, 0.3) is 0 Å². The van der Waals surface area contributed by atoms with Crippen molar-refractivity contribution in [2.75, 3.05) is 0 Å². The Labute approximate surface area is 78.0 Å². The average Bonchev–Trinajstić information content (AvgIpc) is 1.92. The number of benzene rings is 1. The minimum absolute atomic E-state index is 0.665. The van der Waals surface area contributed by atoms with Gasteiger partial charge >= 0.3 is 0 Å². The highest BCUT2D eigenvalue weighted by Crippen LogP contribution is 2.25. The van der Waals surface area contributed by atoms with E-state index >= 15 is 0 Å². The smallest absolute Gasteiger partial charge is 0.0843 e. The van der Waals surface area contributed by atoms with Gasteiger partial charge in [-0.15, -0.1) is 0 Å². The summed E-state index contributed by atoms with van der Waals surface area (Å²) in [5, 5.41) is 10.4. The molecule has 1 N–H and O–H groups in total. The second-order valence-electron chi connectivity index (χ2n) is 3.52. The molecule has 0 aliphatic heterocycles. The quantitative estimate of drug-likeness (QED) is 0.712. The predicted octanol–water partition coefficient (Wildman–Crippen LogP) is 2.88. The van der Waals surface area contributed by atoms with Crippen LogP contribution in [0.4, 0.5) is 0 Å². The van der Waals surface area contributed by atoms with Crippen molar-refractivity contribution in [3.8, 4) is 0 Å². The molecule has 12 heavy (non-hydrogen) atoms. The maximum absolute atomic E-state index is 9.74. The third-order valence-electron chi connectivity index (χ3n) is 1.86. The van der Waals surface area contributed by atoms with E-state index in [1.165, 1.54) is 0 Å². The molecule has 0 bridgehead atoms. The molecule has 1 nitrogen and oxygen atoms in total. The largest absolute Gasteiger partial charge is 0.386 e. The third kappa shape index (κ3) is 1.99. The van der Waals surface area contributed by atoms with Crippen molar-refractivity contribution >= 4 is 11.6 Å². The molecule has 2 heteroatoms. The number of halogens is 1. The highest BCUT2D eigenvalue weighted by Gasteiger charge is 2.18. The van der Waals surface area contributed by atoms with Gasteiger partial charge in [0.15, 0.2) is 0 Å². The molecule has 0 aromatic heterocycles. The van der Waals surface area contributed by atoms with Gasteiger partial charge in [-0.2, -0.15) is 0 Å². The van der Waals surface area contributed by atoms with Gasteiger partial charge in [0.2, 0.25) is 0 Å². The molecule has 1 rings (SSSR count). The molecule has 66 valence electrons. The van der Waals surface area contributed by atoms with Crippen LogP contribution in [0.1, 0.15) is 25.0 Å². The summed E-state index contributed by atoms with van der Waals surface area (Å²) in [6, 6.07) is 5.54. The summed E-state index contributed by atoms with van der Waals surface area (Å²) >= 11 is 5.81. The highest BCUT2D eigenvalue weighted by molar-refractivity contribution is 6.30. The third-order valence-corrected chi connectivity index (χ3v) is 2.09. The van der Waals surface area contributed by atoms with E-state index in [0.717, 1.165) is 11.1 Å². The zero-order valence-corrected chi connectivity index (χ0v) is 8.31. The minimum Gasteiger partial charge on any atom is -0.386 e. The monoisotopic (exact) mass is 184 g/mol. The summed E-state index contributed by atoms with van der Waals surface area (Å²) in [6.07, 6.45) is 0. The molecule has 0 aliphatic rings.